The third kappa shape index (κ3) is 1.84. The van der Waals surface area contributed by atoms with Crippen molar-refractivity contribution in [1.29, 1.82) is 5.26 Å². The van der Waals surface area contributed by atoms with Crippen LogP contribution in [0.4, 0.5) is 5.69 Å². The Balaban J connectivity index is 2.34. The molecular weight excluding hydrogens is 204 g/mol. The normalized spacial score (nSPS) is 18.7. The van der Waals surface area contributed by atoms with Crippen molar-refractivity contribution >= 4 is 11.7 Å². The van der Waals surface area contributed by atoms with Gasteiger partial charge in [-0.2, -0.15) is 5.26 Å². The van der Waals surface area contributed by atoms with Crippen molar-refractivity contribution in [2.75, 3.05) is 18.0 Å². The molecule has 1 aromatic carbocycles. The van der Waals surface area contributed by atoms with Crippen molar-refractivity contribution in [2.24, 2.45) is 5.92 Å². The molecule has 0 bridgehead atoms. The number of hydrogen-bond acceptors (Lipinski definition) is 3. The molecule has 0 spiro atoms. The molecule has 0 saturated heterocycles. The lowest BCUT2D eigenvalue weighted by Crippen LogP contribution is -2.39. The summed E-state index contributed by atoms with van der Waals surface area (Å²) >= 11 is 0. The Morgan fingerprint density at radius 3 is 3.00 bits per heavy atom. The molecule has 1 unspecified atom stereocenters. The predicted molar refractivity (Wildman–Crippen MR) is 59.1 cm³/mol. The first-order valence-electron chi connectivity index (χ1n) is 5.15. The second-order valence-corrected chi connectivity index (χ2v) is 3.91. The number of nitriles is 1. The van der Waals surface area contributed by atoms with Crippen molar-refractivity contribution in [3.05, 3.63) is 29.8 Å². The van der Waals surface area contributed by atoms with E-state index >= 15 is 0 Å². The molecule has 1 heterocycles. The van der Waals surface area contributed by atoms with E-state index in [1.54, 1.807) is 0 Å². The van der Waals surface area contributed by atoms with Crippen LogP contribution < -0.4 is 4.90 Å². The first-order valence-corrected chi connectivity index (χ1v) is 5.15. The quantitative estimate of drug-likeness (QED) is 0.756. The maximum Gasteiger partial charge on any atom is 0.308 e. The molecule has 1 aromatic rings. The van der Waals surface area contributed by atoms with Gasteiger partial charge in [0.2, 0.25) is 0 Å². The fraction of sp³-hybridized carbons (Fsp3) is 0.333. The van der Waals surface area contributed by atoms with E-state index in [1.807, 2.05) is 29.2 Å². The molecule has 0 radical (unpaired) electrons. The van der Waals surface area contributed by atoms with Crippen LogP contribution >= 0.6 is 0 Å². The highest BCUT2D eigenvalue weighted by molar-refractivity contribution is 5.74. The highest BCUT2D eigenvalue weighted by Crippen LogP contribution is 2.29. The summed E-state index contributed by atoms with van der Waals surface area (Å²) in [4.78, 5) is 12.8. The van der Waals surface area contributed by atoms with Crippen molar-refractivity contribution in [1.82, 2.24) is 0 Å². The molecule has 0 saturated carbocycles. The van der Waals surface area contributed by atoms with Gasteiger partial charge in [-0.1, -0.05) is 18.2 Å². The second kappa shape index (κ2) is 4.23. The minimum absolute atomic E-state index is 0.237. The molecule has 0 aliphatic carbocycles. The highest BCUT2D eigenvalue weighted by Gasteiger charge is 2.28. The smallest absolute Gasteiger partial charge is 0.308 e. The number of anilines is 1. The Kier molecular flexibility index (Phi) is 2.78. The van der Waals surface area contributed by atoms with Crippen LogP contribution in [0.25, 0.3) is 0 Å². The minimum Gasteiger partial charge on any atom is -0.481 e. The number of rotatable bonds is 2. The molecule has 1 N–H and O–H groups in total. The molecule has 16 heavy (non-hydrogen) atoms. The highest BCUT2D eigenvalue weighted by atomic mass is 16.4. The fourth-order valence-corrected chi connectivity index (χ4v) is 2.09. The number of hydrogen-bond donors (Lipinski definition) is 1. The van der Waals surface area contributed by atoms with E-state index in [-0.39, 0.29) is 6.54 Å². The molecule has 4 nitrogen and oxygen atoms in total. The third-order valence-electron chi connectivity index (χ3n) is 2.85. The van der Waals surface area contributed by atoms with Gasteiger partial charge in [-0.15, -0.1) is 0 Å². The van der Waals surface area contributed by atoms with E-state index < -0.39 is 11.9 Å². The standard InChI is InChI=1S/C12H12N2O2/c13-5-6-14-8-10(12(15)16)7-9-3-1-2-4-11(9)14/h1-4,10H,6-8H2,(H,15,16). The number of aliphatic carboxylic acids is 1. The Hall–Kier alpha value is -2.02. The van der Waals surface area contributed by atoms with Gasteiger partial charge in [0.15, 0.2) is 0 Å². The predicted octanol–water partition coefficient (Wildman–Crippen LogP) is 1.27. The maximum absolute atomic E-state index is 11.0. The summed E-state index contributed by atoms with van der Waals surface area (Å²) in [5, 5.41) is 17.8. The number of nitrogens with zero attached hydrogens (tertiary/aromatic N) is 2. The van der Waals surface area contributed by atoms with Gasteiger partial charge < -0.3 is 10.0 Å². The summed E-state index contributed by atoms with van der Waals surface area (Å²) in [5.41, 5.74) is 2.00. The Bertz CT molecular complexity index is 451. The van der Waals surface area contributed by atoms with E-state index in [2.05, 4.69) is 6.07 Å². The summed E-state index contributed by atoms with van der Waals surface area (Å²) in [7, 11) is 0. The van der Waals surface area contributed by atoms with Gasteiger partial charge >= 0.3 is 5.97 Å². The second-order valence-electron chi connectivity index (χ2n) is 3.91. The van der Waals surface area contributed by atoms with Crippen molar-refractivity contribution < 1.29 is 9.90 Å². The number of fused-ring (bicyclic) bond motifs is 1. The van der Waals surface area contributed by atoms with Crippen LogP contribution in [-0.4, -0.2) is 24.2 Å². The molecule has 1 atom stereocenters. The van der Waals surface area contributed by atoms with Crippen LogP contribution in [0, 0.1) is 17.2 Å². The molecule has 4 heteroatoms. The summed E-state index contributed by atoms with van der Waals surface area (Å²) in [6.07, 6.45) is 0.549. The lowest BCUT2D eigenvalue weighted by atomic mass is 9.92. The van der Waals surface area contributed by atoms with Crippen LogP contribution in [0.1, 0.15) is 5.56 Å². The summed E-state index contributed by atoms with van der Waals surface area (Å²) in [5.74, 6) is -1.21. The van der Waals surface area contributed by atoms with Gasteiger partial charge in [-0.3, -0.25) is 4.79 Å². The summed E-state index contributed by atoms with van der Waals surface area (Å²) < 4.78 is 0. The molecule has 0 aromatic heterocycles. The number of carboxylic acid groups (broad SMARTS) is 1. The van der Waals surface area contributed by atoms with E-state index in [9.17, 15) is 4.79 Å². The topological polar surface area (TPSA) is 64.3 Å². The third-order valence-corrected chi connectivity index (χ3v) is 2.85. The lowest BCUT2D eigenvalue weighted by Gasteiger charge is -2.32. The SMILES string of the molecule is N#CCN1CC(C(=O)O)Cc2ccccc21. The van der Waals surface area contributed by atoms with E-state index in [1.165, 1.54) is 0 Å². The van der Waals surface area contributed by atoms with Crippen molar-refractivity contribution in [3.63, 3.8) is 0 Å². The maximum atomic E-state index is 11.0. The van der Waals surface area contributed by atoms with Crippen LogP contribution in [0.2, 0.25) is 0 Å². The van der Waals surface area contributed by atoms with E-state index in [0.717, 1.165) is 11.3 Å². The number of benzene rings is 1. The average molecular weight is 216 g/mol. The Morgan fingerprint density at radius 2 is 2.31 bits per heavy atom. The Morgan fingerprint density at radius 1 is 1.56 bits per heavy atom. The van der Waals surface area contributed by atoms with Crippen molar-refractivity contribution in [3.8, 4) is 6.07 Å². The van der Waals surface area contributed by atoms with Crippen LogP contribution in [0.15, 0.2) is 24.3 Å². The molecule has 82 valence electrons. The fourth-order valence-electron chi connectivity index (χ4n) is 2.09. The van der Waals surface area contributed by atoms with Gasteiger partial charge in [-0.25, -0.2) is 0 Å². The molecule has 2 rings (SSSR count). The zero-order valence-corrected chi connectivity index (χ0v) is 8.76. The van der Waals surface area contributed by atoms with Crippen LogP contribution in [0.5, 0.6) is 0 Å². The first kappa shape index (κ1) is 10.5. The minimum atomic E-state index is -0.794. The first-order chi connectivity index (χ1) is 7.72. The summed E-state index contributed by atoms with van der Waals surface area (Å²) in [6.45, 7) is 0.653. The van der Waals surface area contributed by atoms with Crippen LogP contribution in [0.3, 0.4) is 0 Å². The van der Waals surface area contributed by atoms with Gasteiger partial charge in [0.1, 0.15) is 6.54 Å². The number of para-hydroxylation sites is 1. The lowest BCUT2D eigenvalue weighted by molar-refractivity contribution is -0.141. The van der Waals surface area contributed by atoms with E-state index in [0.29, 0.717) is 13.0 Å². The molecular formula is C12H12N2O2. The molecule has 1 aliphatic rings. The van der Waals surface area contributed by atoms with Gasteiger partial charge in [0, 0.05) is 12.2 Å². The van der Waals surface area contributed by atoms with Crippen LogP contribution in [-0.2, 0) is 11.2 Å². The number of carboxylic acids is 1. The Labute approximate surface area is 93.7 Å². The van der Waals surface area contributed by atoms with E-state index in [4.69, 9.17) is 10.4 Å². The summed E-state index contributed by atoms with van der Waals surface area (Å²) in [6, 6.07) is 9.73. The molecule has 0 fully saturated rings. The van der Waals surface area contributed by atoms with Gasteiger partial charge in [-0.05, 0) is 18.1 Å². The zero-order chi connectivity index (χ0) is 11.5. The average Bonchev–Trinajstić information content (AvgIpc) is 2.29. The largest absolute Gasteiger partial charge is 0.481 e. The van der Waals surface area contributed by atoms with Gasteiger partial charge in [0.05, 0.1) is 12.0 Å². The van der Waals surface area contributed by atoms with Crippen molar-refractivity contribution in [2.45, 2.75) is 6.42 Å². The van der Waals surface area contributed by atoms with Gasteiger partial charge in [0.25, 0.3) is 0 Å². The number of carbonyl (C=O) groups is 1. The molecule has 0 amide bonds. The zero-order valence-electron chi connectivity index (χ0n) is 8.76. The molecule has 1 aliphatic heterocycles. The monoisotopic (exact) mass is 216 g/mol.